The molecule has 9 rings (SSSR count). The Balaban J connectivity index is 0.706. The number of ketones is 1. The zero-order chi connectivity index (χ0) is 45.8. The molecular weight excluding hydrogens is 841 g/mol. The number of aromatic amines is 1. The van der Waals surface area contributed by atoms with Crippen molar-refractivity contribution in [3.63, 3.8) is 0 Å². The topological polar surface area (TPSA) is 214 Å². The zero-order valence-corrected chi connectivity index (χ0v) is 36.4. The van der Waals surface area contributed by atoms with Crippen LogP contribution in [0.5, 0.6) is 5.75 Å². The number of hydrogen-bond donors (Lipinski definition) is 4. The molecule has 16 nitrogen and oxygen atoms in total. The van der Waals surface area contributed by atoms with Crippen LogP contribution < -0.4 is 26.4 Å². The SMILES string of the molecule is O=C(CCCCCCCNC(=O)CNC1(c2ccc(-c3nc4ccn5c(=O)[nH]nc5c4cc3-c3ccccc3)cc2)CCC1)COc1cccc2c1C(=O)N([C@H]1CCCC(=O)NC1=O)C2=O. The molecule has 1 atom stereocenters. The lowest BCUT2D eigenvalue weighted by Gasteiger charge is -2.43. The van der Waals surface area contributed by atoms with E-state index in [4.69, 9.17) is 9.72 Å². The molecule has 0 bridgehead atoms. The molecule has 6 aromatic rings. The van der Waals surface area contributed by atoms with Crippen LogP contribution in [0.2, 0.25) is 0 Å². The van der Waals surface area contributed by atoms with Gasteiger partial charge in [-0.25, -0.2) is 19.3 Å². The minimum absolute atomic E-state index is 0.0171. The Hall–Kier alpha value is -7.33. The minimum Gasteiger partial charge on any atom is -0.485 e. The summed E-state index contributed by atoms with van der Waals surface area (Å²) in [6, 6.07) is 25.8. The summed E-state index contributed by atoms with van der Waals surface area (Å²) in [5.41, 5.74) is 5.60. The molecule has 66 heavy (non-hydrogen) atoms. The van der Waals surface area contributed by atoms with Crippen molar-refractivity contribution >= 4 is 51.9 Å². The van der Waals surface area contributed by atoms with Gasteiger partial charge in [0.05, 0.1) is 28.9 Å². The van der Waals surface area contributed by atoms with Crippen molar-refractivity contribution in [1.82, 2.24) is 40.4 Å². The number of rotatable bonds is 18. The number of nitrogens with zero attached hydrogens (tertiary/aromatic N) is 4. The van der Waals surface area contributed by atoms with Gasteiger partial charge in [0, 0.05) is 47.6 Å². The number of carbonyl (C=O) groups excluding carboxylic acids is 6. The van der Waals surface area contributed by atoms with E-state index in [0.717, 1.165) is 88.7 Å². The van der Waals surface area contributed by atoms with E-state index in [1.165, 1.54) is 16.5 Å². The Morgan fingerprint density at radius 1 is 0.818 bits per heavy atom. The summed E-state index contributed by atoms with van der Waals surface area (Å²) in [5.74, 6) is -2.53. The molecule has 1 aliphatic carbocycles. The van der Waals surface area contributed by atoms with Crippen LogP contribution in [0.25, 0.3) is 38.9 Å². The maximum atomic E-state index is 13.4. The number of nitrogens with one attached hydrogen (secondary N) is 4. The number of aromatic nitrogens is 4. The normalized spacial score (nSPS) is 16.8. The van der Waals surface area contributed by atoms with E-state index in [9.17, 15) is 33.6 Å². The van der Waals surface area contributed by atoms with Crippen molar-refractivity contribution in [3.8, 4) is 28.1 Å². The third-order valence-corrected chi connectivity index (χ3v) is 13.0. The van der Waals surface area contributed by atoms with Crippen LogP contribution in [0.4, 0.5) is 0 Å². The number of amides is 5. The predicted octanol–water partition coefficient (Wildman–Crippen LogP) is 5.77. The summed E-state index contributed by atoms with van der Waals surface area (Å²) in [5, 5.41) is 16.4. The van der Waals surface area contributed by atoms with Crippen molar-refractivity contribution in [2.75, 3.05) is 19.7 Å². The largest absolute Gasteiger partial charge is 0.485 e. The van der Waals surface area contributed by atoms with Gasteiger partial charge in [-0.15, -0.1) is 0 Å². The molecule has 1 saturated carbocycles. The fourth-order valence-corrected chi connectivity index (χ4v) is 9.25. The van der Waals surface area contributed by atoms with Crippen molar-refractivity contribution in [2.45, 2.75) is 88.6 Å². The highest BCUT2D eigenvalue weighted by Crippen LogP contribution is 2.42. The molecule has 5 heterocycles. The Morgan fingerprint density at radius 3 is 2.39 bits per heavy atom. The van der Waals surface area contributed by atoms with Crippen LogP contribution in [-0.2, 0) is 24.7 Å². The van der Waals surface area contributed by atoms with Crippen LogP contribution in [0.3, 0.4) is 0 Å². The van der Waals surface area contributed by atoms with Crippen LogP contribution in [0.15, 0.2) is 95.9 Å². The van der Waals surface area contributed by atoms with Crippen molar-refractivity contribution in [3.05, 3.63) is 118 Å². The number of hydrogen-bond acceptors (Lipinski definition) is 11. The number of carbonyl (C=O) groups is 6. The third kappa shape index (κ3) is 8.88. The molecule has 4 N–H and O–H groups in total. The molecule has 2 aliphatic heterocycles. The molecule has 3 aliphatic rings. The standard InChI is InChI=1S/C50H50N8O8/c59-34(30-66-40-17-9-15-35-43(40)48(64)58(47(35)63)39-16-10-18-41(60)54-46(39)62)14-7-2-1-3-8-26-51-42(61)29-52-50(24-11-25-50)33-21-19-32(20-22-33)44-36(31-12-5-4-6-13-31)28-37-38(53-44)23-27-57-45(37)55-56-49(57)65/h4-6,9,12-13,15,17,19-23,27-28,39,52H,1-3,7-8,10-11,14,16,18,24-26,29-30H2,(H,51,61)(H,56,65)(H,54,60,62)/t39-/m0/s1. The molecule has 2 fully saturated rings. The average molecular weight is 891 g/mol. The van der Waals surface area contributed by atoms with Crippen LogP contribution in [-0.4, -0.2) is 85.5 Å². The lowest BCUT2D eigenvalue weighted by Crippen LogP contribution is -2.51. The second-order valence-electron chi connectivity index (χ2n) is 17.3. The fourth-order valence-electron chi connectivity index (χ4n) is 9.25. The van der Waals surface area contributed by atoms with E-state index in [0.29, 0.717) is 31.5 Å². The molecule has 3 aromatic carbocycles. The first-order valence-electron chi connectivity index (χ1n) is 22.7. The molecule has 0 radical (unpaired) electrons. The summed E-state index contributed by atoms with van der Waals surface area (Å²) in [6.45, 7) is 0.502. The minimum atomic E-state index is -1.10. The first-order chi connectivity index (χ1) is 32.1. The highest BCUT2D eigenvalue weighted by Gasteiger charge is 2.45. The van der Waals surface area contributed by atoms with E-state index in [1.54, 1.807) is 12.3 Å². The summed E-state index contributed by atoms with van der Waals surface area (Å²) in [6.07, 6.45) is 9.68. The number of unbranched alkanes of at least 4 members (excludes halogenated alkanes) is 4. The molecular formula is C50H50N8O8. The van der Waals surface area contributed by atoms with Gasteiger partial charge in [0.25, 0.3) is 11.8 Å². The monoisotopic (exact) mass is 890 g/mol. The first kappa shape index (κ1) is 43.9. The summed E-state index contributed by atoms with van der Waals surface area (Å²) >= 11 is 0. The Morgan fingerprint density at radius 2 is 1.61 bits per heavy atom. The zero-order valence-electron chi connectivity index (χ0n) is 36.4. The maximum Gasteiger partial charge on any atom is 0.347 e. The number of imide groups is 2. The van der Waals surface area contributed by atoms with Crippen molar-refractivity contribution in [1.29, 1.82) is 0 Å². The number of pyridine rings is 2. The van der Waals surface area contributed by atoms with Gasteiger partial charge >= 0.3 is 5.69 Å². The Bertz CT molecular complexity index is 2920. The van der Waals surface area contributed by atoms with E-state index < -0.39 is 29.7 Å². The second-order valence-corrected chi connectivity index (χ2v) is 17.3. The Labute approximate surface area is 379 Å². The van der Waals surface area contributed by atoms with Gasteiger partial charge in [0.2, 0.25) is 17.7 Å². The summed E-state index contributed by atoms with van der Waals surface area (Å²) in [7, 11) is 0. The van der Waals surface area contributed by atoms with Crippen molar-refractivity contribution in [2.24, 2.45) is 0 Å². The van der Waals surface area contributed by atoms with Gasteiger partial charge in [-0.3, -0.25) is 44.3 Å². The van der Waals surface area contributed by atoms with Gasteiger partial charge < -0.3 is 10.1 Å². The van der Waals surface area contributed by atoms with Gasteiger partial charge in [0.1, 0.15) is 18.4 Å². The number of Topliss-reactive ketones (excluding diaryl/α,β-unsaturated/α-hetero) is 1. The van der Waals surface area contributed by atoms with E-state index in [1.807, 2.05) is 42.5 Å². The van der Waals surface area contributed by atoms with E-state index >= 15 is 0 Å². The third-order valence-electron chi connectivity index (χ3n) is 13.0. The quantitative estimate of drug-likeness (QED) is 0.0601. The van der Waals surface area contributed by atoms with Crippen LogP contribution in [0, 0.1) is 0 Å². The predicted molar refractivity (Wildman–Crippen MR) is 244 cm³/mol. The number of benzene rings is 3. The number of ether oxygens (including phenoxy) is 1. The lowest BCUT2D eigenvalue weighted by atomic mass is 9.71. The smallest absolute Gasteiger partial charge is 0.347 e. The van der Waals surface area contributed by atoms with Crippen molar-refractivity contribution < 1.29 is 33.5 Å². The van der Waals surface area contributed by atoms with Gasteiger partial charge in [-0.2, -0.15) is 5.10 Å². The van der Waals surface area contributed by atoms with Gasteiger partial charge in [0.15, 0.2) is 11.4 Å². The van der Waals surface area contributed by atoms with E-state index in [-0.39, 0.29) is 65.8 Å². The highest BCUT2D eigenvalue weighted by atomic mass is 16.5. The van der Waals surface area contributed by atoms with Crippen LogP contribution in [0.1, 0.15) is 103 Å². The van der Waals surface area contributed by atoms with Gasteiger partial charge in [-0.05, 0) is 80.3 Å². The summed E-state index contributed by atoms with van der Waals surface area (Å²) < 4.78 is 7.22. The maximum absolute atomic E-state index is 13.4. The van der Waals surface area contributed by atoms with Gasteiger partial charge in [-0.1, -0.05) is 79.9 Å². The molecule has 0 spiro atoms. The molecule has 338 valence electrons. The van der Waals surface area contributed by atoms with E-state index in [2.05, 4.69) is 50.4 Å². The molecule has 3 aromatic heterocycles. The molecule has 16 heteroatoms. The lowest BCUT2D eigenvalue weighted by molar-refractivity contribution is -0.131. The molecule has 0 unspecified atom stereocenters. The Kier molecular flexibility index (Phi) is 12.7. The molecule has 1 saturated heterocycles. The summed E-state index contributed by atoms with van der Waals surface area (Å²) in [4.78, 5) is 94.9. The highest BCUT2D eigenvalue weighted by molar-refractivity contribution is 6.24. The van der Waals surface area contributed by atoms with Crippen LogP contribution >= 0.6 is 0 Å². The number of fused-ring (bicyclic) bond motifs is 4. The average Bonchev–Trinajstić information content (AvgIpc) is 3.76. The second kappa shape index (κ2) is 19.0. The molecule has 5 amide bonds. The first-order valence-corrected chi connectivity index (χ1v) is 22.7. The number of H-pyrrole nitrogens is 1. The fraction of sp³-hybridized carbons (Fsp3) is 0.340.